The fourth-order valence-electron chi connectivity index (χ4n) is 0.260. The molecule has 0 aliphatic carbocycles. The van der Waals surface area contributed by atoms with Crippen LogP contribution in [0.15, 0.2) is 24.4 Å². The molecule has 0 saturated carbocycles. The number of allylic oxidation sites excluding steroid dienone is 3. The van der Waals surface area contributed by atoms with E-state index >= 15 is 0 Å². The molecule has 0 bridgehead atoms. The Labute approximate surface area is 90.3 Å². The molecule has 0 aliphatic heterocycles. The molecule has 0 spiro atoms. The molecule has 1 nitrogen and oxygen atoms in total. The maximum absolute atomic E-state index is 3.53. The third-order valence-electron chi connectivity index (χ3n) is 2.49. The first-order valence-corrected chi connectivity index (χ1v) is 5.22. The standard InChI is InChI=1S/C7H16.C6H11N/c1-6(2)7(3,4)5;1-4-5-6(2)7-3/h6H,1-5H3;4-5,7H,1H2,2-3H3/b;6-5-. The van der Waals surface area contributed by atoms with Gasteiger partial charge in [0.05, 0.1) is 0 Å². The quantitative estimate of drug-likeness (QED) is 0.660. The Hall–Kier alpha value is -0.720. The summed E-state index contributed by atoms with van der Waals surface area (Å²) in [5.41, 5.74) is 1.63. The van der Waals surface area contributed by atoms with Crippen LogP contribution < -0.4 is 5.32 Å². The Balaban J connectivity index is 0. The Morgan fingerprint density at radius 3 is 1.71 bits per heavy atom. The van der Waals surface area contributed by atoms with E-state index in [1.54, 1.807) is 6.08 Å². The van der Waals surface area contributed by atoms with Crippen LogP contribution in [-0.4, -0.2) is 7.05 Å². The smallest absolute Gasteiger partial charge is 0.00722 e. The summed E-state index contributed by atoms with van der Waals surface area (Å²) < 4.78 is 0. The molecule has 0 aromatic rings. The molecule has 0 aromatic carbocycles. The zero-order valence-corrected chi connectivity index (χ0v) is 10.9. The molecular formula is C13H27N. The van der Waals surface area contributed by atoms with Crippen molar-refractivity contribution in [2.45, 2.75) is 41.5 Å². The Bertz CT molecular complexity index is 170. The maximum atomic E-state index is 3.53. The van der Waals surface area contributed by atoms with Gasteiger partial charge in [-0.15, -0.1) is 0 Å². The van der Waals surface area contributed by atoms with Crippen molar-refractivity contribution in [3.8, 4) is 0 Å². The fourth-order valence-corrected chi connectivity index (χ4v) is 0.260. The van der Waals surface area contributed by atoms with E-state index in [-0.39, 0.29) is 0 Å². The lowest BCUT2D eigenvalue weighted by atomic mass is 9.84. The molecule has 14 heavy (non-hydrogen) atoms. The Morgan fingerprint density at radius 1 is 1.29 bits per heavy atom. The highest BCUT2D eigenvalue weighted by atomic mass is 14.8. The van der Waals surface area contributed by atoms with Gasteiger partial charge in [-0.1, -0.05) is 47.3 Å². The van der Waals surface area contributed by atoms with Gasteiger partial charge < -0.3 is 5.32 Å². The molecule has 84 valence electrons. The van der Waals surface area contributed by atoms with Gasteiger partial charge in [0.1, 0.15) is 0 Å². The molecular weight excluding hydrogens is 170 g/mol. The summed E-state index contributed by atoms with van der Waals surface area (Å²) in [4.78, 5) is 0. The summed E-state index contributed by atoms with van der Waals surface area (Å²) >= 11 is 0. The summed E-state index contributed by atoms with van der Waals surface area (Å²) in [5.74, 6) is 0.799. The normalized spacial score (nSPS) is 11.9. The number of rotatable bonds is 2. The van der Waals surface area contributed by atoms with Crippen LogP contribution in [0.1, 0.15) is 41.5 Å². The molecule has 0 rings (SSSR count). The van der Waals surface area contributed by atoms with Gasteiger partial charge in [0.15, 0.2) is 0 Å². The lowest BCUT2D eigenvalue weighted by molar-refractivity contribution is 0.283. The molecule has 0 fully saturated rings. The van der Waals surface area contributed by atoms with Crippen LogP contribution in [-0.2, 0) is 0 Å². The highest BCUT2D eigenvalue weighted by Crippen LogP contribution is 2.23. The average Bonchev–Trinajstić information content (AvgIpc) is 2.04. The summed E-state index contributed by atoms with van der Waals surface area (Å²) in [7, 11) is 1.88. The lowest BCUT2D eigenvalue weighted by Crippen LogP contribution is -2.12. The third-order valence-corrected chi connectivity index (χ3v) is 2.49. The predicted octanol–water partition coefficient (Wildman–Crippen LogP) is 3.98. The molecule has 0 heterocycles. The predicted molar refractivity (Wildman–Crippen MR) is 67.3 cm³/mol. The van der Waals surface area contributed by atoms with E-state index in [1.807, 2.05) is 20.0 Å². The van der Waals surface area contributed by atoms with Gasteiger partial charge in [-0.2, -0.15) is 0 Å². The van der Waals surface area contributed by atoms with Gasteiger partial charge in [-0.25, -0.2) is 0 Å². The second-order valence-corrected chi connectivity index (χ2v) is 4.86. The van der Waals surface area contributed by atoms with Crippen molar-refractivity contribution in [1.82, 2.24) is 5.32 Å². The van der Waals surface area contributed by atoms with Crippen molar-refractivity contribution in [2.24, 2.45) is 11.3 Å². The molecule has 0 aromatic heterocycles. The van der Waals surface area contributed by atoms with E-state index in [0.29, 0.717) is 5.41 Å². The number of hydrogen-bond acceptors (Lipinski definition) is 1. The molecule has 0 atom stereocenters. The van der Waals surface area contributed by atoms with Crippen molar-refractivity contribution in [1.29, 1.82) is 0 Å². The zero-order valence-electron chi connectivity index (χ0n) is 10.9. The first-order valence-electron chi connectivity index (χ1n) is 5.22. The number of nitrogens with one attached hydrogen (secondary N) is 1. The van der Waals surface area contributed by atoms with Gasteiger partial charge in [-0.05, 0) is 24.3 Å². The molecule has 0 aliphatic rings. The van der Waals surface area contributed by atoms with Crippen molar-refractivity contribution >= 4 is 0 Å². The molecule has 1 heteroatoms. The minimum Gasteiger partial charge on any atom is -0.392 e. The van der Waals surface area contributed by atoms with Gasteiger partial charge >= 0.3 is 0 Å². The largest absolute Gasteiger partial charge is 0.392 e. The van der Waals surface area contributed by atoms with Gasteiger partial charge in [-0.3, -0.25) is 0 Å². The van der Waals surface area contributed by atoms with Crippen LogP contribution in [0.2, 0.25) is 0 Å². The van der Waals surface area contributed by atoms with Gasteiger partial charge in [0.2, 0.25) is 0 Å². The summed E-state index contributed by atoms with van der Waals surface area (Å²) in [6, 6.07) is 0. The van der Waals surface area contributed by atoms with Crippen LogP contribution in [0.25, 0.3) is 0 Å². The third kappa shape index (κ3) is 11.3. The Kier molecular flexibility index (Phi) is 8.61. The van der Waals surface area contributed by atoms with E-state index in [4.69, 9.17) is 0 Å². The highest BCUT2D eigenvalue weighted by Gasteiger charge is 2.13. The monoisotopic (exact) mass is 197 g/mol. The van der Waals surface area contributed by atoms with E-state index in [2.05, 4.69) is 46.5 Å². The van der Waals surface area contributed by atoms with E-state index in [1.165, 1.54) is 0 Å². The molecule has 1 N–H and O–H groups in total. The van der Waals surface area contributed by atoms with E-state index in [9.17, 15) is 0 Å². The second kappa shape index (κ2) is 7.66. The van der Waals surface area contributed by atoms with Crippen LogP contribution in [0.5, 0.6) is 0 Å². The van der Waals surface area contributed by atoms with Crippen LogP contribution in [0.3, 0.4) is 0 Å². The van der Waals surface area contributed by atoms with Crippen molar-refractivity contribution < 1.29 is 0 Å². The van der Waals surface area contributed by atoms with Crippen LogP contribution in [0.4, 0.5) is 0 Å². The van der Waals surface area contributed by atoms with Crippen LogP contribution in [0, 0.1) is 11.3 Å². The van der Waals surface area contributed by atoms with Crippen molar-refractivity contribution in [3.05, 3.63) is 24.4 Å². The second-order valence-electron chi connectivity index (χ2n) is 4.86. The highest BCUT2D eigenvalue weighted by molar-refractivity contribution is 5.04. The first kappa shape index (κ1) is 15.7. The minimum absolute atomic E-state index is 0.500. The maximum Gasteiger partial charge on any atom is 0.00722 e. The summed E-state index contributed by atoms with van der Waals surface area (Å²) in [6.07, 6.45) is 3.67. The molecule has 0 radical (unpaired) electrons. The lowest BCUT2D eigenvalue weighted by Gasteiger charge is -2.22. The topological polar surface area (TPSA) is 12.0 Å². The van der Waals surface area contributed by atoms with Gasteiger partial charge in [0.25, 0.3) is 0 Å². The van der Waals surface area contributed by atoms with E-state index < -0.39 is 0 Å². The average molecular weight is 197 g/mol. The molecule has 0 unspecified atom stereocenters. The van der Waals surface area contributed by atoms with Gasteiger partial charge in [0, 0.05) is 12.7 Å². The van der Waals surface area contributed by atoms with Crippen molar-refractivity contribution in [3.63, 3.8) is 0 Å². The molecule has 0 saturated heterocycles. The summed E-state index contributed by atoms with van der Waals surface area (Å²) in [5, 5.41) is 2.96. The summed E-state index contributed by atoms with van der Waals surface area (Å²) in [6.45, 7) is 16.8. The minimum atomic E-state index is 0.500. The zero-order chi connectivity index (χ0) is 11.8. The van der Waals surface area contributed by atoms with Crippen LogP contribution >= 0.6 is 0 Å². The Morgan fingerprint density at radius 2 is 1.64 bits per heavy atom. The molecule has 0 amide bonds. The first-order chi connectivity index (χ1) is 6.25. The SMILES string of the molecule is C=C/C=C(/C)NC.CC(C)C(C)(C)C. The van der Waals surface area contributed by atoms with Crippen molar-refractivity contribution in [2.75, 3.05) is 7.05 Å². The fraction of sp³-hybridized carbons (Fsp3) is 0.692. The number of hydrogen-bond donors (Lipinski definition) is 1. The van der Waals surface area contributed by atoms with E-state index in [0.717, 1.165) is 11.6 Å².